The molecule has 0 aliphatic carbocycles. The Bertz CT molecular complexity index is 3790. The largest absolute Gasteiger partial charge is 0.308 e. The summed E-state index contributed by atoms with van der Waals surface area (Å²) in [6, 6.07) is 74.0. The van der Waals surface area contributed by atoms with E-state index in [1.165, 1.54) is 0 Å². The molecule has 67 heavy (non-hydrogen) atoms. The van der Waals surface area contributed by atoms with E-state index >= 15 is 0 Å². The molecule has 0 N–H and O–H groups in total. The highest BCUT2D eigenvalue weighted by atomic mass is 15.0. The average molecular weight is 855 g/mol. The normalized spacial score (nSPS) is 11.3. The molecule has 4 heterocycles. The fourth-order valence-electron chi connectivity index (χ4n) is 10.1. The monoisotopic (exact) mass is 854 g/mol. The lowest BCUT2D eigenvalue weighted by Crippen LogP contribution is -2.06. The van der Waals surface area contributed by atoms with Gasteiger partial charge < -0.3 is 9.13 Å². The second kappa shape index (κ2) is 16.0. The van der Waals surface area contributed by atoms with Gasteiger partial charge in [0, 0.05) is 61.8 Å². The third-order valence-corrected chi connectivity index (χ3v) is 13.1. The molecule has 0 bridgehead atoms. The average Bonchev–Trinajstić information content (AvgIpc) is 3.90. The van der Waals surface area contributed by atoms with Gasteiger partial charge in [-0.3, -0.25) is 9.97 Å². The van der Waals surface area contributed by atoms with Crippen LogP contribution in [0, 0.1) is 29.6 Å². The molecule has 0 saturated carbocycles. The zero-order valence-corrected chi connectivity index (χ0v) is 36.4. The highest BCUT2D eigenvalue weighted by Crippen LogP contribution is 2.44. The van der Waals surface area contributed by atoms with Gasteiger partial charge in [0.15, 0.2) is 0 Å². The Balaban J connectivity index is 1.19. The van der Waals surface area contributed by atoms with Gasteiger partial charge in [-0.2, -0.15) is 10.5 Å². The number of aromatic nitrogens is 4. The molecule has 6 heteroatoms. The van der Waals surface area contributed by atoms with Crippen molar-refractivity contribution >= 4 is 43.6 Å². The van der Waals surface area contributed by atoms with E-state index in [-0.39, 0.29) is 0 Å². The van der Waals surface area contributed by atoms with Crippen LogP contribution in [-0.4, -0.2) is 19.1 Å². The second-order valence-corrected chi connectivity index (χ2v) is 16.8. The first-order chi connectivity index (χ1) is 33.1. The number of benzene rings is 8. The van der Waals surface area contributed by atoms with Crippen LogP contribution in [0.1, 0.15) is 16.7 Å². The van der Waals surface area contributed by atoms with E-state index in [2.05, 4.69) is 155 Å². The summed E-state index contributed by atoms with van der Waals surface area (Å²) in [5, 5.41) is 26.6. The van der Waals surface area contributed by atoms with Crippen LogP contribution >= 0.6 is 0 Å². The number of hydrogen-bond donors (Lipinski definition) is 0. The fourth-order valence-corrected chi connectivity index (χ4v) is 10.1. The summed E-state index contributed by atoms with van der Waals surface area (Å²) in [5.74, 6) is 0. The topological polar surface area (TPSA) is 83.2 Å². The van der Waals surface area contributed by atoms with Crippen molar-refractivity contribution in [1.82, 2.24) is 19.1 Å². The standard InChI is InChI=1S/C61H38N6/c1-39-15-12-20-44(37-62)59(39)45-35-57(66-53-25-10-8-21-48(53)50-29-27-42(33-55(50)66)46-23-13-31-64-60(46)40-16-4-2-5-17-40)52(38-63)58(36-45)67-54-26-11-9-22-49(54)51-30-28-43(34-56(51)67)47-24-14-32-65-61(47)41-18-6-3-7-19-41/h2-36H,1H3. The lowest BCUT2D eigenvalue weighted by Gasteiger charge is -2.20. The maximum absolute atomic E-state index is 11.7. The van der Waals surface area contributed by atoms with Crippen LogP contribution in [-0.2, 0) is 0 Å². The van der Waals surface area contributed by atoms with Gasteiger partial charge in [0.1, 0.15) is 11.6 Å². The Kier molecular flexibility index (Phi) is 9.38. The summed E-state index contributed by atoms with van der Waals surface area (Å²) >= 11 is 0. The fraction of sp³-hybridized carbons (Fsp3) is 0.0164. The zero-order valence-electron chi connectivity index (χ0n) is 36.4. The second-order valence-electron chi connectivity index (χ2n) is 16.8. The third kappa shape index (κ3) is 6.39. The van der Waals surface area contributed by atoms with Gasteiger partial charge in [-0.05, 0) is 83.8 Å². The number of aryl methyl sites for hydroxylation is 1. The Morgan fingerprint density at radius 2 is 0.866 bits per heavy atom. The molecule has 0 fully saturated rings. The van der Waals surface area contributed by atoms with Gasteiger partial charge in [0.05, 0.1) is 56.5 Å². The van der Waals surface area contributed by atoms with Crippen molar-refractivity contribution in [3.8, 4) is 79.4 Å². The molecule has 8 aromatic carbocycles. The molecule has 0 aliphatic heterocycles. The summed E-state index contributed by atoms with van der Waals surface area (Å²) < 4.78 is 4.48. The Hall–Kier alpha value is -9.36. The maximum Gasteiger partial charge on any atom is 0.104 e. The highest BCUT2D eigenvalue weighted by molar-refractivity contribution is 6.12. The number of rotatable bonds is 7. The van der Waals surface area contributed by atoms with Gasteiger partial charge in [-0.25, -0.2) is 0 Å². The van der Waals surface area contributed by atoms with Crippen LogP contribution in [0.2, 0.25) is 0 Å². The van der Waals surface area contributed by atoms with E-state index in [1.54, 1.807) is 0 Å². The van der Waals surface area contributed by atoms with Crippen molar-refractivity contribution in [2.45, 2.75) is 6.92 Å². The van der Waals surface area contributed by atoms with Gasteiger partial charge in [-0.1, -0.05) is 146 Å². The summed E-state index contributed by atoms with van der Waals surface area (Å²) in [4.78, 5) is 9.76. The van der Waals surface area contributed by atoms with Crippen molar-refractivity contribution < 1.29 is 0 Å². The minimum absolute atomic E-state index is 0.495. The predicted molar refractivity (Wildman–Crippen MR) is 272 cm³/mol. The molecule has 0 aliphatic rings. The maximum atomic E-state index is 11.7. The molecule has 12 aromatic rings. The minimum atomic E-state index is 0.495. The van der Waals surface area contributed by atoms with E-state index in [1.807, 2.05) is 86.0 Å². The van der Waals surface area contributed by atoms with E-state index < -0.39 is 0 Å². The van der Waals surface area contributed by atoms with Gasteiger partial charge in [-0.15, -0.1) is 0 Å². The first kappa shape index (κ1) is 39.2. The van der Waals surface area contributed by atoms with Crippen LogP contribution < -0.4 is 0 Å². The summed E-state index contributed by atoms with van der Waals surface area (Å²) in [5.41, 5.74) is 16.8. The molecule has 0 unspecified atom stereocenters. The van der Waals surface area contributed by atoms with Gasteiger partial charge in [0.2, 0.25) is 0 Å². The number of nitrogens with zero attached hydrogens (tertiary/aromatic N) is 6. The molecule has 12 rings (SSSR count). The number of para-hydroxylation sites is 2. The Morgan fingerprint density at radius 3 is 1.36 bits per heavy atom. The lowest BCUT2D eigenvalue weighted by atomic mass is 9.93. The number of hydrogen-bond acceptors (Lipinski definition) is 4. The van der Waals surface area contributed by atoms with Crippen LogP contribution in [0.3, 0.4) is 0 Å². The molecule has 0 amide bonds. The van der Waals surface area contributed by atoms with Crippen LogP contribution in [0.15, 0.2) is 213 Å². The van der Waals surface area contributed by atoms with Crippen LogP contribution in [0.25, 0.3) is 111 Å². The molecule has 4 aromatic heterocycles. The smallest absolute Gasteiger partial charge is 0.104 e. The quantitative estimate of drug-likeness (QED) is 0.160. The highest BCUT2D eigenvalue weighted by Gasteiger charge is 2.25. The number of nitriles is 2. The van der Waals surface area contributed by atoms with Crippen molar-refractivity contribution in [2.75, 3.05) is 0 Å². The Morgan fingerprint density at radius 1 is 0.388 bits per heavy atom. The molecular formula is C61H38N6. The van der Waals surface area contributed by atoms with E-state index in [0.29, 0.717) is 22.5 Å². The SMILES string of the molecule is Cc1cccc(C#N)c1-c1cc(-n2c3ccccc3c3ccc(-c4cccnc4-c4ccccc4)cc32)c(C#N)c(-n2c3ccccc3c3ccc(-c4cccnc4-c4ccccc4)cc32)c1. The van der Waals surface area contributed by atoms with Crippen LogP contribution in [0.4, 0.5) is 0 Å². The summed E-state index contributed by atoms with van der Waals surface area (Å²) in [6.07, 6.45) is 3.68. The van der Waals surface area contributed by atoms with E-state index in [0.717, 1.165) is 105 Å². The van der Waals surface area contributed by atoms with Gasteiger partial charge >= 0.3 is 0 Å². The summed E-state index contributed by atoms with van der Waals surface area (Å²) in [7, 11) is 0. The predicted octanol–water partition coefficient (Wildman–Crippen LogP) is 15.1. The minimum Gasteiger partial charge on any atom is -0.308 e. The summed E-state index contributed by atoms with van der Waals surface area (Å²) in [6.45, 7) is 2.05. The third-order valence-electron chi connectivity index (χ3n) is 13.1. The lowest BCUT2D eigenvalue weighted by molar-refractivity contribution is 1.12. The first-order valence-corrected chi connectivity index (χ1v) is 22.3. The van der Waals surface area contributed by atoms with E-state index in [9.17, 15) is 10.5 Å². The molecule has 6 nitrogen and oxygen atoms in total. The van der Waals surface area contributed by atoms with Crippen molar-refractivity contribution in [2.24, 2.45) is 0 Å². The molecule has 0 atom stereocenters. The number of pyridine rings is 2. The molecule has 0 radical (unpaired) electrons. The first-order valence-electron chi connectivity index (χ1n) is 22.3. The zero-order chi connectivity index (χ0) is 45.0. The molecule has 312 valence electrons. The molecular weight excluding hydrogens is 817 g/mol. The van der Waals surface area contributed by atoms with Gasteiger partial charge in [0.25, 0.3) is 0 Å². The number of fused-ring (bicyclic) bond motifs is 6. The van der Waals surface area contributed by atoms with Crippen molar-refractivity contribution in [3.63, 3.8) is 0 Å². The molecule has 0 saturated heterocycles. The van der Waals surface area contributed by atoms with Crippen LogP contribution in [0.5, 0.6) is 0 Å². The van der Waals surface area contributed by atoms with E-state index in [4.69, 9.17) is 9.97 Å². The molecule has 0 spiro atoms. The van der Waals surface area contributed by atoms with Crippen molar-refractivity contribution in [1.29, 1.82) is 10.5 Å². The Labute approximate surface area is 387 Å². The van der Waals surface area contributed by atoms with Crippen molar-refractivity contribution in [3.05, 3.63) is 229 Å².